The second-order valence-electron chi connectivity index (χ2n) is 7.88. The molecular weight excluding hydrogens is 376 g/mol. The van der Waals surface area contributed by atoms with Gasteiger partial charge >= 0.3 is 0 Å². The number of ketones is 1. The number of carbonyl (C=O) groups is 1. The molecule has 2 heterocycles. The Bertz CT molecular complexity index is 1210. The fourth-order valence-corrected chi connectivity index (χ4v) is 4.75. The summed E-state index contributed by atoms with van der Waals surface area (Å²) in [7, 11) is 3.30. The molecule has 5 rings (SSSR count). The van der Waals surface area contributed by atoms with E-state index < -0.39 is 0 Å². The monoisotopic (exact) mass is 400 g/mol. The number of aromatic nitrogens is 1. The number of hydrogen-bond donors (Lipinski definition) is 1. The van der Waals surface area contributed by atoms with E-state index in [1.807, 2.05) is 37.3 Å². The van der Waals surface area contributed by atoms with Crippen LogP contribution in [0.3, 0.4) is 0 Å². The quantitative estimate of drug-likeness (QED) is 0.661. The van der Waals surface area contributed by atoms with Crippen LogP contribution in [0.5, 0.6) is 11.5 Å². The predicted octanol–water partition coefficient (Wildman–Crippen LogP) is 5.12. The minimum Gasteiger partial charge on any atom is -0.497 e. The van der Waals surface area contributed by atoms with E-state index in [0.29, 0.717) is 6.42 Å². The first-order valence-electron chi connectivity index (χ1n) is 10.3. The molecule has 1 N–H and O–H groups in total. The first-order chi connectivity index (χ1) is 14.6. The van der Waals surface area contributed by atoms with Crippen molar-refractivity contribution >= 4 is 22.4 Å². The Morgan fingerprint density at radius 3 is 2.70 bits per heavy atom. The summed E-state index contributed by atoms with van der Waals surface area (Å²) >= 11 is 0. The molecule has 1 aliphatic carbocycles. The molecule has 2 aromatic carbocycles. The largest absolute Gasteiger partial charge is 0.497 e. The third-order valence-corrected chi connectivity index (χ3v) is 6.12. The van der Waals surface area contributed by atoms with Crippen LogP contribution in [0.1, 0.15) is 42.0 Å². The van der Waals surface area contributed by atoms with Crippen molar-refractivity contribution < 1.29 is 14.3 Å². The van der Waals surface area contributed by atoms with Gasteiger partial charge in [0.2, 0.25) is 0 Å². The van der Waals surface area contributed by atoms with E-state index in [4.69, 9.17) is 14.5 Å². The third kappa shape index (κ3) is 2.84. The highest BCUT2D eigenvalue weighted by molar-refractivity contribution is 6.03. The lowest BCUT2D eigenvalue weighted by molar-refractivity contribution is -0.116. The van der Waals surface area contributed by atoms with Gasteiger partial charge in [-0.05, 0) is 49.6 Å². The van der Waals surface area contributed by atoms with Crippen molar-refractivity contribution in [3.05, 3.63) is 70.6 Å². The van der Waals surface area contributed by atoms with Crippen molar-refractivity contribution in [2.45, 2.75) is 32.1 Å². The zero-order valence-corrected chi connectivity index (χ0v) is 17.4. The van der Waals surface area contributed by atoms with Crippen LogP contribution in [0.4, 0.5) is 5.69 Å². The van der Waals surface area contributed by atoms with E-state index in [-0.39, 0.29) is 11.7 Å². The van der Waals surface area contributed by atoms with Gasteiger partial charge in [0.15, 0.2) is 5.78 Å². The van der Waals surface area contributed by atoms with Gasteiger partial charge in [-0.2, -0.15) is 0 Å². The van der Waals surface area contributed by atoms with Gasteiger partial charge in [-0.3, -0.25) is 9.78 Å². The molecule has 1 aliphatic heterocycles. The molecule has 0 saturated heterocycles. The number of Topliss-reactive ketones (excluding diaryl/α,β-unsaturated/α-hetero) is 1. The van der Waals surface area contributed by atoms with Crippen LogP contribution in [0, 0.1) is 6.92 Å². The Hall–Kier alpha value is -3.34. The molecule has 0 amide bonds. The summed E-state index contributed by atoms with van der Waals surface area (Å²) < 4.78 is 11.2. The van der Waals surface area contributed by atoms with E-state index >= 15 is 0 Å². The summed E-state index contributed by atoms with van der Waals surface area (Å²) in [5, 5.41) is 4.62. The molecule has 0 fully saturated rings. The van der Waals surface area contributed by atoms with Gasteiger partial charge in [0.1, 0.15) is 11.5 Å². The topological polar surface area (TPSA) is 60.5 Å². The highest BCUT2D eigenvalue weighted by Crippen LogP contribution is 2.50. The number of nitrogens with zero attached hydrogens (tertiary/aromatic N) is 1. The first kappa shape index (κ1) is 18.7. The minimum atomic E-state index is -0.210. The second kappa shape index (κ2) is 7.17. The van der Waals surface area contributed by atoms with Crippen LogP contribution < -0.4 is 14.8 Å². The molecular formula is C25H24N2O3. The van der Waals surface area contributed by atoms with Crippen molar-refractivity contribution in [2.24, 2.45) is 0 Å². The summed E-state index contributed by atoms with van der Waals surface area (Å²) in [4.78, 5) is 17.9. The SMILES string of the molecule is COc1ccc([C@@H]2C3=C(CCCC3=O)Nc3ccc4nc(C)ccc4c32)c(OC)c1. The number of anilines is 1. The lowest BCUT2D eigenvalue weighted by Crippen LogP contribution is -2.27. The van der Waals surface area contributed by atoms with E-state index in [9.17, 15) is 4.79 Å². The number of methoxy groups -OCH3 is 2. The third-order valence-electron chi connectivity index (χ3n) is 6.12. The number of aryl methyl sites for hydroxylation is 1. The van der Waals surface area contributed by atoms with Crippen LogP contribution >= 0.6 is 0 Å². The lowest BCUT2D eigenvalue weighted by atomic mass is 9.74. The number of carbonyl (C=O) groups excluding carboxylic acids is 1. The maximum Gasteiger partial charge on any atom is 0.161 e. The van der Waals surface area contributed by atoms with Gasteiger partial charge in [-0.1, -0.05) is 12.1 Å². The van der Waals surface area contributed by atoms with Gasteiger partial charge in [0.05, 0.1) is 19.7 Å². The Morgan fingerprint density at radius 1 is 1.03 bits per heavy atom. The Morgan fingerprint density at radius 2 is 1.90 bits per heavy atom. The van der Waals surface area contributed by atoms with Crippen molar-refractivity contribution in [3.63, 3.8) is 0 Å². The van der Waals surface area contributed by atoms with E-state index in [1.54, 1.807) is 14.2 Å². The summed E-state index contributed by atoms with van der Waals surface area (Å²) in [6.07, 6.45) is 2.33. The van der Waals surface area contributed by atoms with Crippen LogP contribution in [0.25, 0.3) is 10.9 Å². The predicted molar refractivity (Wildman–Crippen MR) is 117 cm³/mol. The summed E-state index contributed by atoms with van der Waals surface area (Å²) in [6.45, 7) is 1.99. The van der Waals surface area contributed by atoms with E-state index in [0.717, 1.165) is 69.0 Å². The first-order valence-corrected chi connectivity index (χ1v) is 10.3. The zero-order valence-electron chi connectivity index (χ0n) is 17.4. The molecule has 152 valence electrons. The van der Waals surface area contributed by atoms with Crippen LogP contribution in [-0.4, -0.2) is 25.0 Å². The van der Waals surface area contributed by atoms with Crippen LogP contribution in [-0.2, 0) is 4.79 Å². The fourth-order valence-electron chi connectivity index (χ4n) is 4.75. The second-order valence-corrected chi connectivity index (χ2v) is 7.88. The van der Waals surface area contributed by atoms with E-state index in [2.05, 4.69) is 17.4 Å². The number of fused-ring (bicyclic) bond motifs is 3. The molecule has 0 radical (unpaired) electrons. The highest BCUT2D eigenvalue weighted by Gasteiger charge is 2.37. The molecule has 1 aromatic heterocycles. The molecule has 0 saturated carbocycles. The van der Waals surface area contributed by atoms with Gasteiger partial charge in [0.25, 0.3) is 0 Å². The lowest BCUT2D eigenvalue weighted by Gasteiger charge is -2.35. The number of allylic oxidation sites excluding steroid dienone is 2. The molecule has 5 heteroatoms. The standard InChI is InChI=1S/C25H24N2O3/c1-14-7-9-16-18(26-14)11-12-20-23(16)24(25-19(27-20)5-4-6-21(25)28)17-10-8-15(29-2)13-22(17)30-3/h7-13,24,27H,4-6H2,1-3H3/t24-/m0/s1. The van der Waals surface area contributed by atoms with E-state index in [1.165, 1.54) is 0 Å². The maximum atomic E-state index is 13.2. The van der Waals surface area contributed by atoms with Crippen molar-refractivity contribution in [2.75, 3.05) is 19.5 Å². The number of ether oxygens (including phenoxy) is 2. The number of rotatable bonds is 3. The summed E-state index contributed by atoms with van der Waals surface area (Å²) in [5.74, 6) is 1.44. The maximum absolute atomic E-state index is 13.2. The van der Waals surface area contributed by atoms with Gasteiger partial charge in [-0.15, -0.1) is 0 Å². The van der Waals surface area contributed by atoms with Crippen molar-refractivity contribution in [3.8, 4) is 11.5 Å². The van der Waals surface area contributed by atoms with Crippen molar-refractivity contribution in [1.29, 1.82) is 0 Å². The summed E-state index contributed by atoms with van der Waals surface area (Å²) in [5.41, 5.74) is 6.86. The summed E-state index contributed by atoms with van der Waals surface area (Å²) in [6, 6.07) is 14.1. The molecule has 3 aromatic rings. The Balaban J connectivity index is 1.83. The molecule has 2 aliphatic rings. The average molecular weight is 400 g/mol. The molecule has 0 spiro atoms. The number of hydrogen-bond acceptors (Lipinski definition) is 5. The molecule has 1 atom stereocenters. The number of nitrogens with one attached hydrogen (secondary N) is 1. The molecule has 30 heavy (non-hydrogen) atoms. The number of benzene rings is 2. The Labute approximate surface area is 175 Å². The minimum absolute atomic E-state index is 0.203. The Kier molecular flexibility index (Phi) is 4.46. The smallest absolute Gasteiger partial charge is 0.161 e. The highest BCUT2D eigenvalue weighted by atomic mass is 16.5. The molecule has 0 unspecified atom stereocenters. The average Bonchev–Trinajstić information content (AvgIpc) is 2.77. The van der Waals surface area contributed by atoms with Gasteiger partial charge in [-0.25, -0.2) is 0 Å². The molecule has 5 nitrogen and oxygen atoms in total. The van der Waals surface area contributed by atoms with Crippen LogP contribution in [0.2, 0.25) is 0 Å². The molecule has 0 bridgehead atoms. The normalized spacial score (nSPS) is 18.0. The van der Waals surface area contributed by atoms with Gasteiger partial charge < -0.3 is 14.8 Å². The van der Waals surface area contributed by atoms with Gasteiger partial charge in [0, 0.05) is 52.0 Å². The number of pyridine rings is 1. The zero-order chi connectivity index (χ0) is 20.8. The van der Waals surface area contributed by atoms with Crippen LogP contribution in [0.15, 0.2) is 53.7 Å². The fraction of sp³-hybridized carbons (Fsp3) is 0.280. The van der Waals surface area contributed by atoms with Crippen molar-refractivity contribution in [1.82, 2.24) is 4.98 Å².